The Hall–Kier alpha value is -3.40. The summed E-state index contributed by atoms with van der Waals surface area (Å²) in [5, 5.41) is 6.81. The van der Waals surface area contributed by atoms with E-state index < -0.39 is 17.7 Å². The molecule has 9 heteroatoms. The number of aromatic amines is 1. The standard InChI is InChI=1S/C29H35N3O6/c1-29(2,3)38-28(34)32-22(13-19-14-30-21-12-8-7-11-20(19)21)27(33)31-23-16-36-26-24(17-37-25(23)26)35-15-18-9-5-4-6-10-18/h4-12,14,22-26,30H,13,15-17H2,1-3H3,(H,31,33)(H,32,34)/t22-,23+,24-,25-,26-/m1/s1. The summed E-state index contributed by atoms with van der Waals surface area (Å²) in [4.78, 5) is 29.4. The average Bonchev–Trinajstić information content (AvgIpc) is 3.58. The summed E-state index contributed by atoms with van der Waals surface area (Å²) in [7, 11) is 0. The molecule has 1 aromatic heterocycles. The van der Waals surface area contributed by atoms with Crippen LogP contribution in [-0.4, -0.2) is 66.2 Å². The van der Waals surface area contributed by atoms with Crippen LogP contribution in [0.25, 0.3) is 10.9 Å². The van der Waals surface area contributed by atoms with E-state index in [2.05, 4.69) is 15.6 Å². The molecule has 2 amide bonds. The van der Waals surface area contributed by atoms with Crippen molar-refractivity contribution in [1.29, 1.82) is 0 Å². The Morgan fingerprint density at radius 2 is 1.76 bits per heavy atom. The lowest BCUT2D eigenvalue weighted by atomic mass is 10.0. The van der Waals surface area contributed by atoms with Crippen molar-refractivity contribution in [2.75, 3.05) is 13.2 Å². The highest BCUT2D eigenvalue weighted by Crippen LogP contribution is 2.30. The summed E-state index contributed by atoms with van der Waals surface area (Å²) in [6.45, 7) is 6.51. The van der Waals surface area contributed by atoms with Crippen molar-refractivity contribution >= 4 is 22.9 Å². The number of aromatic nitrogens is 1. The Bertz CT molecular complexity index is 1250. The first-order valence-electron chi connectivity index (χ1n) is 13.0. The molecule has 5 rings (SSSR count). The number of carbonyl (C=O) groups is 2. The van der Waals surface area contributed by atoms with E-state index in [1.807, 2.05) is 60.8 Å². The molecule has 0 radical (unpaired) electrons. The number of carbonyl (C=O) groups excluding carboxylic acids is 2. The van der Waals surface area contributed by atoms with Gasteiger partial charge in [-0.1, -0.05) is 48.5 Å². The first-order valence-corrected chi connectivity index (χ1v) is 13.0. The smallest absolute Gasteiger partial charge is 0.408 e. The lowest BCUT2D eigenvalue weighted by molar-refractivity contribution is -0.124. The summed E-state index contributed by atoms with van der Waals surface area (Å²) in [6.07, 6.45) is 0.699. The van der Waals surface area contributed by atoms with Crippen molar-refractivity contribution in [3.8, 4) is 0 Å². The molecule has 3 heterocycles. The van der Waals surface area contributed by atoms with Crippen LogP contribution < -0.4 is 10.6 Å². The van der Waals surface area contributed by atoms with Gasteiger partial charge in [-0.25, -0.2) is 4.79 Å². The molecular formula is C29H35N3O6. The summed E-state index contributed by atoms with van der Waals surface area (Å²) in [5.41, 5.74) is 2.27. The maximum atomic E-state index is 13.5. The molecule has 5 atom stereocenters. The Morgan fingerprint density at radius 1 is 1.03 bits per heavy atom. The predicted octanol–water partition coefficient (Wildman–Crippen LogP) is 3.47. The second kappa shape index (κ2) is 11.1. The average molecular weight is 522 g/mol. The van der Waals surface area contributed by atoms with Gasteiger partial charge in [0.2, 0.25) is 5.91 Å². The molecule has 9 nitrogen and oxygen atoms in total. The Morgan fingerprint density at radius 3 is 2.55 bits per heavy atom. The van der Waals surface area contributed by atoms with Gasteiger partial charge < -0.3 is 34.6 Å². The third kappa shape index (κ3) is 6.18. The monoisotopic (exact) mass is 521 g/mol. The fraction of sp³-hybridized carbons (Fsp3) is 0.448. The number of para-hydroxylation sites is 1. The maximum Gasteiger partial charge on any atom is 0.408 e. The predicted molar refractivity (Wildman–Crippen MR) is 142 cm³/mol. The second-order valence-corrected chi connectivity index (χ2v) is 10.8. The number of hydrogen-bond acceptors (Lipinski definition) is 6. The van der Waals surface area contributed by atoms with E-state index in [0.29, 0.717) is 26.2 Å². The molecule has 38 heavy (non-hydrogen) atoms. The van der Waals surface area contributed by atoms with Gasteiger partial charge in [0, 0.05) is 23.5 Å². The van der Waals surface area contributed by atoms with E-state index in [9.17, 15) is 9.59 Å². The Balaban J connectivity index is 1.24. The van der Waals surface area contributed by atoms with E-state index in [-0.39, 0.29) is 30.3 Å². The zero-order valence-corrected chi connectivity index (χ0v) is 21.9. The van der Waals surface area contributed by atoms with Crippen molar-refractivity contribution in [2.24, 2.45) is 0 Å². The molecule has 202 valence electrons. The topological polar surface area (TPSA) is 111 Å². The van der Waals surface area contributed by atoms with E-state index in [1.54, 1.807) is 20.8 Å². The molecule has 2 saturated heterocycles. The summed E-state index contributed by atoms with van der Waals surface area (Å²) < 4.78 is 23.5. The van der Waals surface area contributed by atoms with Gasteiger partial charge in [-0.2, -0.15) is 0 Å². The van der Waals surface area contributed by atoms with Crippen LogP contribution >= 0.6 is 0 Å². The highest BCUT2D eigenvalue weighted by molar-refractivity contribution is 5.88. The van der Waals surface area contributed by atoms with E-state index in [0.717, 1.165) is 22.0 Å². The minimum atomic E-state index is -0.852. The molecular weight excluding hydrogens is 486 g/mol. The zero-order valence-electron chi connectivity index (χ0n) is 21.9. The number of hydrogen-bond donors (Lipinski definition) is 3. The zero-order chi connectivity index (χ0) is 26.7. The first kappa shape index (κ1) is 26.2. The second-order valence-electron chi connectivity index (χ2n) is 10.8. The molecule has 0 saturated carbocycles. The van der Waals surface area contributed by atoms with Crippen molar-refractivity contribution in [1.82, 2.24) is 15.6 Å². The van der Waals surface area contributed by atoms with E-state index in [1.165, 1.54) is 0 Å². The van der Waals surface area contributed by atoms with Crippen LogP contribution in [0.4, 0.5) is 4.79 Å². The highest BCUT2D eigenvalue weighted by Gasteiger charge is 2.49. The summed E-state index contributed by atoms with van der Waals surface area (Å²) in [5.74, 6) is -0.326. The third-order valence-corrected chi connectivity index (χ3v) is 6.75. The molecule has 2 fully saturated rings. The van der Waals surface area contributed by atoms with Gasteiger partial charge >= 0.3 is 6.09 Å². The van der Waals surface area contributed by atoms with Crippen molar-refractivity contribution < 1.29 is 28.5 Å². The van der Waals surface area contributed by atoms with E-state index in [4.69, 9.17) is 18.9 Å². The minimum Gasteiger partial charge on any atom is -0.444 e. The van der Waals surface area contributed by atoms with Crippen LogP contribution in [-0.2, 0) is 36.8 Å². The minimum absolute atomic E-state index is 0.219. The highest BCUT2D eigenvalue weighted by atomic mass is 16.6. The number of ether oxygens (including phenoxy) is 4. The molecule has 3 aromatic rings. The number of fused-ring (bicyclic) bond motifs is 2. The first-order chi connectivity index (χ1) is 18.3. The van der Waals surface area contributed by atoms with Gasteiger partial charge in [0.15, 0.2) is 0 Å². The number of H-pyrrole nitrogens is 1. The van der Waals surface area contributed by atoms with Gasteiger partial charge in [-0.15, -0.1) is 0 Å². The van der Waals surface area contributed by atoms with Gasteiger partial charge in [-0.3, -0.25) is 4.79 Å². The van der Waals surface area contributed by atoms with Crippen LogP contribution in [0.3, 0.4) is 0 Å². The number of benzene rings is 2. The summed E-state index contributed by atoms with van der Waals surface area (Å²) >= 11 is 0. The fourth-order valence-electron chi connectivity index (χ4n) is 4.97. The molecule has 0 spiro atoms. The Labute approximate surface area is 222 Å². The number of amides is 2. The van der Waals surface area contributed by atoms with Crippen LogP contribution in [0.5, 0.6) is 0 Å². The van der Waals surface area contributed by atoms with Gasteiger partial charge in [-0.05, 0) is 38.0 Å². The molecule has 3 N–H and O–H groups in total. The lowest BCUT2D eigenvalue weighted by Gasteiger charge is -2.25. The van der Waals surface area contributed by atoms with Crippen molar-refractivity contribution in [3.05, 3.63) is 71.9 Å². The number of alkyl carbamates (subject to hydrolysis) is 1. The normalized spacial score (nSPS) is 23.7. The third-order valence-electron chi connectivity index (χ3n) is 6.75. The lowest BCUT2D eigenvalue weighted by Crippen LogP contribution is -2.54. The largest absolute Gasteiger partial charge is 0.444 e. The molecule has 2 aliphatic rings. The van der Waals surface area contributed by atoms with Crippen LogP contribution in [0.1, 0.15) is 31.9 Å². The molecule has 0 bridgehead atoms. The quantitative estimate of drug-likeness (QED) is 0.419. The molecule has 2 aliphatic heterocycles. The van der Waals surface area contributed by atoms with Crippen molar-refractivity contribution in [3.63, 3.8) is 0 Å². The SMILES string of the molecule is CC(C)(C)OC(=O)N[C@H](Cc1c[nH]c2ccccc12)C(=O)N[C@H]1CO[C@H]2[C@@H]1OC[C@H]2OCc1ccccc1. The molecule has 0 unspecified atom stereocenters. The van der Waals surface area contributed by atoms with Gasteiger partial charge in [0.1, 0.15) is 30.0 Å². The fourth-order valence-corrected chi connectivity index (χ4v) is 4.97. The van der Waals surface area contributed by atoms with Crippen LogP contribution in [0.15, 0.2) is 60.8 Å². The molecule has 2 aromatic carbocycles. The van der Waals surface area contributed by atoms with Gasteiger partial charge in [0.25, 0.3) is 0 Å². The van der Waals surface area contributed by atoms with Gasteiger partial charge in [0.05, 0.1) is 25.9 Å². The number of rotatable bonds is 8. The number of nitrogens with one attached hydrogen (secondary N) is 3. The van der Waals surface area contributed by atoms with Crippen LogP contribution in [0.2, 0.25) is 0 Å². The molecule has 0 aliphatic carbocycles. The maximum absolute atomic E-state index is 13.5. The summed E-state index contributed by atoms with van der Waals surface area (Å²) in [6, 6.07) is 16.6. The Kier molecular flexibility index (Phi) is 7.69. The van der Waals surface area contributed by atoms with Crippen molar-refractivity contribution in [2.45, 2.75) is 69.8 Å². The van der Waals surface area contributed by atoms with Crippen LogP contribution in [0, 0.1) is 0 Å². The van der Waals surface area contributed by atoms with E-state index >= 15 is 0 Å².